The molecule has 0 unspecified atom stereocenters. The quantitative estimate of drug-likeness (QED) is 0.458. The minimum Gasteiger partial charge on any atom is -0.494 e. The molecule has 2 saturated heterocycles. The minimum absolute atomic E-state index is 0.190. The van der Waals surface area contributed by atoms with Crippen LogP contribution >= 0.6 is 11.3 Å². The highest BCUT2D eigenvalue weighted by Crippen LogP contribution is 2.34. The van der Waals surface area contributed by atoms with Gasteiger partial charge in [0.05, 0.1) is 29.9 Å². The number of sulfonamides is 1. The molecule has 0 atom stereocenters. The first-order chi connectivity index (χ1) is 18.0. The highest BCUT2D eigenvalue weighted by atomic mass is 32.2. The summed E-state index contributed by atoms with van der Waals surface area (Å²) >= 11 is 1.68. The number of carbonyl (C=O) groups excluding carboxylic acids is 1. The van der Waals surface area contributed by atoms with E-state index < -0.39 is 10.0 Å². The molecule has 0 bridgehead atoms. The normalized spacial score (nSPS) is 17.7. The van der Waals surface area contributed by atoms with Crippen LogP contribution in [0.15, 0.2) is 47.4 Å². The monoisotopic (exact) mass is 545 g/mol. The van der Waals surface area contributed by atoms with Crippen molar-refractivity contribution in [3.63, 3.8) is 0 Å². The maximum absolute atomic E-state index is 12.8. The largest absolute Gasteiger partial charge is 0.494 e. The molecule has 1 N–H and O–H groups in total. The molecule has 12 heteroatoms. The second-order valence-electron chi connectivity index (χ2n) is 8.93. The van der Waals surface area contributed by atoms with E-state index in [1.807, 2.05) is 12.1 Å². The van der Waals surface area contributed by atoms with Gasteiger partial charge in [0.2, 0.25) is 10.0 Å². The molecule has 1 amide bonds. The Bertz CT molecular complexity index is 1330. The first-order valence-electron chi connectivity index (χ1n) is 12.3. The summed E-state index contributed by atoms with van der Waals surface area (Å²) in [6.07, 6.45) is 0. The van der Waals surface area contributed by atoms with Crippen molar-refractivity contribution in [2.75, 3.05) is 77.6 Å². The van der Waals surface area contributed by atoms with Crippen molar-refractivity contribution in [2.24, 2.45) is 0 Å². The summed E-state index contributed by atoms with van der Waals surface area (Å²) in [6.45, 7) is 6.25. The molecule has 5 rings (SSSR count). The molecule has 2 aliphatic rings. The predicted octanol–water partition coefficient (Wildman–Crippen LogP) is 1.88. The Morgan fingerprint density at radius 2 is 1.78 bits per heavy atom. The lowest BCUT2D eigenvalue weighted by molar-refractivity contribution is 0.0730. The number of ether oxygens (including phenoxy) is 2. The van der Waals surface area contributed by atoms with Gasteiger partial charge in [-0.05, 0) is 36.4 Å². The number of morpholine rings is 1. The van der Waals surface area contributed by atoms with E-state index in [2.05, 4.69) is 21.2 Å². The van der Waals surface area contributed by atoms with Crippen molar-refractivity contribution in [3.8, 4) is 5.75 Å². The number of hydrogen-bond acceptors (Lipinski definition) is 9. The minimum atomic E-state index is -3.57. The maximum Gasteiger partial charge on any atom is 0.251 e. The molecule has 2 aliphatic heterocycles. The van der Waals surface area contributed by atoms with E-state index in [1.165, 1.54) is 16.4 Å². The summed E-state index contributed by atoms with van der Waals surface area (Å²) in [7, 11) is -1.91. The number of rotatable bonds is 8. The molecule has 37 heavy (non-hydrogen) atoms. The van der Waals surface area contributed by atoms with Crippen LogP contribution in [0.25, 0.3) is 10.2 Å². The number of amides is 1. The summed E-state index contributed by atoms with van der Waals surface area (Å²) in [5.41, 5.74) is 1.35. The first-order valence-corrected chi connectivity index (χ1v) is 14.6. The van der Waals surface area contributed by atoms with Gasteiger partial charge in [0.1, 0.15) is 11.3 Å². The number of methoxy groups -OCH3 is 1. The number of thiazole rings is 1. The van der Waals surface area contributed by atoms with Crippen molar-refractivity contribution in [3.05, 3.63) is 48.0 Å². The number of piperazine rings is 1. The van der Waals surface area contributed by atoms with Gasteiger partial charge in [-0.3, -0.25) is 9.69 Å². The average molecular weight is 546 g/mol. The number of aromatic nitrogens is 1. The SMILES string of the molecule is COc1cccc2sc(N3CCN(CCNC(=O)c4ccc(S(=O)(=O)N5CCOCC5)cc4)CC3)nc12. The molecule has 0 spiro atoms. The molecule has 2 fully saturated rings. The zero-order chi connectivity index (χ0) is 25.8. The molecule has 3 heterocycles. The Balaban J connectivity index is 1.08. The molecule has 0 saturated carbocycles. The summed E-state index contributed by atoms with van der Waals surface area (Å²) in [5, 5.41) is 3.95. The molecular formula is C25H31N5O5S2. The summed E-state index contributed by atoms with van der Waals surface area (Å²) < 4.78 is 38.7. The van der Waals surface area contributed by atoms with Gasteiger partial charge in [-0.2, -0.15) is 4.31 Å². The molecule has 0 radical (unpaired) electrons. The number of fused-ring (bicyclic) bond motifs is 1. The molecule has 0 aliphatic carbocycles. The number of hydrogen-bond donors (Lipinski definition) is 1. The Morgan fingerprint density at radius 1 is 1.05 bits per heavy atom. The Labute approximate surface area is 220 Å². The van der Waals surface area contributed by atoms with Crippen molar-refractivity contribution in [1.82, 2.24) is 19.5 Å². The highest BCUT2D eigenvalue weighted by molar-refractivity contribution is 7.89. The van der Waals surface area contributed by atoms with Crippen LogP contribution in [0, 0.1) is 0 Å². The molecule has 10 nitrogen and oxygen atoms in total. The van der Waals surface area contributed by atoms with Crippen molar-refractivity contribution in [2.45, 2.75) is 4.90 Å². The fourth-order valence-corrected chi connectivity index (χ4v) is 6.96. The first kappa shape index (κ1) is 25.9. The third-order valence-corrected chi connectivity index (χ3v) is 9.67. The second kappa shape index (κ2) is 11.3. The van der Waals surface area contributed by atoms with E-state index in [0.717, 1.165) is 53.8 Å². The number of para-hydroxylation sites is 1. The van der Waals surface area contributed by atoms with E-state index in [0.29, 0.717) is 38.4 Å². The van der Waals surface area contributed by atoms with Crippen LogP contribution in [-0.4, -0.2) is 101 Å². The van der Waals surface area contributed by atoms with Crippen LogP contribution < -0.4 is 15.0 Å². The standard InChI is InChI=1S/C25H31N5O5S2/c1-34-21-3-2-4-22-23(21)27-25(36-22)29-13-11-28(12-14-29)10-9-26-24(31)19-5-7-20(8-6-19)37(32,33)30-15-17-35-18-16-30/h2-8H,9-18H2,1H3,(H,26,31). The van der Waals surface area contributed by atoms with Crippen LogP contribution in [0.4, 0.5) is 5.13 Å². The van der Waals surface area contributed by atoms with E-state index >= 15 is 0 Å². The Morgan fingerprint density at radius 3 is 2.49 bits per heavy atom. The van der Waals surface area contributed by atoms with E-state index in [9.17, 15) is 13.2 Å². The number of benzene rings is 2. The second-order valence-corrected chi connectivity index (χ2v) is 11.9. The third-order valence-electron chi connectivity index (χ3n) is 6.67. The Kier molecular flexibility index (Phi) is 7.91. The van der Waals surface area contributed by atoms with Crippen LogP contribution in [-0.2, 0) is 14.8 Å². The Hall–Kier alpha value is -2.77. The van der Waals surface area contributed by atoms with E-state index in [-0.39, 0.29) is 10.8 Å². The third kappa shape index (κ3) is 5.73. The van der Waals surface area contributed by atoms with Crippen molar-refractivity contribution >= 4 is 42.6 Å². The van der Waals surface area contributed by atoms with Gasteiger partial charge >= 0.3 is 0 Å². The van der Waals surface area contributed by atoms with Gasteiger partial charge in [-0.15, -0.1) is 0 Å². The van der Waals surface area contributed by atoms with Crippen molar-refractivity contribution < 1.29 is 22.7 Å². The molecule has 1 aromatic heterocycles. The van der Waals surface area contributed by atoms with Crippen LogP contribution in [0.3, 0.4) is 0 Å². The van der Waals surface area contributed by atoms with Crippen molar-refractivity contribution in [1.29, 1.82) is 0 Å². The van der Waals surface area contributed by atoms with E-state index in [4.69, 9.17) is 14.5 Å². The fraction of sp³-hybridized carbons (Fsp3) is 0.440. The van der Waals surface area contributed by atoms with Crippen LogP contribution in [0.2, 0.25) is 0 Å². The predicted molar refractivity (Wildman–Crippen MR) is 143 cm³/mol. The maximum atomic E-state index is 12.8. The number of carbonyl (C=O) groups is 1. The van der Waals surface area contributed by atoms with Gasteiger partial charge in [0, 0.05) is 57.9 Å². The van der Waals surface area contributed by atoms with Gasteiger partial charge in [0.25, 0.3) is 5.91 Å². The summed E-state index contributed by atoms with van der Waals surface area (Å²) in [6, 6.07) is 12.1. The zero-order valence-corrected chi connectivity index (χ0v) is 22.4. The number of nitrogens with one attached hydrogen (secondary N) is 1. The van der Waals surface area contributed by atoms with Gasteiger partial charge in [-0.25, -0.2) is 13.4 Å². The molecular weight excluding hydrogens is 514 g/mol. The summed E-state index contributed by atoms with van der Waals surface area (Å²) in [5.74, 6) is 0.583. The zero-order valence-electron chi connectivity index (χ0n) is 20.8. The lowest BCUT2D eigenvalue weighted by Crippen LogP contribution is -2.48. The van der Waals surface area contributed by atoms with Gasteiger partial charge in [-0.1, -0.05) is 17.4 Å². The van der Waals surface area contributed by atoms with E-state index in [1.54, 1.807) is 30.6 Å². The topological polar surface area (TPSA) is 104 Å². The highest BCUT2D eigenvalue weighted by Gasteiger charge is 2.26. The van der Waals surface area contributed by atoms with Gasteiger partial charge in [0.15, 0.2) is 5.13 Å². The molecule has 198 valence electrons. The lowest BCUT2D eigenvalue weighted by atomic mass is 10.2. The molecule has 3 aromatic rings. The average Bonchev–Trinajstić information content (AvgIpc) is 3.38. The smallest absolute Gasteiger partial charge is 0.251 e. The number of anilines is 1. The summed E-state index contributed by atoms with van der Waals surface area (Å²) in [4.78, 5) is 22.2. The van der Waals surface area contributed by atoms with Crippen LogP contribution in [0.5, 0.6) is 5.75 Å². The van der Waals surface area contributed by atoms with Gasteiger partial charge < -0.3 is 19.7 Å². The molecule has 2 aromatic carbocycles. The fourth-order valence-electron chi connectivity index (χ4n) is 4.52. The number of nitrogens with zero attached hydrogens (tertiary/aromatic N) is 4. The van der Waals surface area contributed by atoms with Crippen LogP contribution in [0.1, 0.15) is 10.4 Å². The lowest BCUT2D eigenvalue weighted by Gasteiger charge is -2.34.